The first kappa shape index (κ1) is 17.5. The van der Waals surface area contributed by atoms with Crippen molar-refractivity contribution in [2.24, 2.45) is 5.92 Å². The lowest BCUT2D eigenvalue weighted by Gasteiger charge is -2.19. The zero-order valence-corrected chi connectivity index (χ0v) is 13.7. The fourth-order valence-electron chi connectivity index (χ4n) is 2.18. The Kier molecular flexibility index (Phi) is 6.69. The van der Waals surface area contributed by atoms with Crippen LogP contribution in [0.3, 0.4) is 0 Å². The van der Waals surface area contributed by atoms with Crippen LogP contribution in [0.4, 0.5) is 0 Å². The second-order valence-corrected chi connectivity index (χ2v) is 5.95. The van der Waals surface area contributed by atoms with Crippen LogP contribution in [-0.4, -0.2) is 23.7 Å². The van der Waals surface area contributed by atoms with Crippen LogP contribution in [0.5, 0.6) is 5.75 Å². The van der Waals surface area contributed by atoms with E-state index in [1.54, 1.807) is 6.92 Å². The SMILES string of the molecule is Cc1cc(CO)cc(C)c1OC(C)C(=O)NCCC(C)C. The second kappa shape index (κ2) is 8.03. The van der Waals surface area contributed by atoms with Crippen molar-refractivity contribution in [2.45, 2.75) is 53.8 Å². The molecular weight excluding hydrogens is 266 g/mol. The molecule has 0 spiro atoms. The van der Waals surface area contributed by atoms with Crippen molar-refractivity contribution in [3.05, 3.63) is 28.8 Å². The first-order chi connectivity index (χ1) is 9.85. The van der Waals surface area contributed by atoms with E-state index in [1.165, 1.54) is 0 Å². The lowest BCUT2D eigenvalue weighted by Crippen LogP contribution is -2.37. The fraction of sp³-hybridized carbons (Fsp3) is 0.588. The minimum absolute atomic E-state index is 0.00714. The zero-order valence-electron chi connectivity index (χ0n) is 13.7. The predicted molar refractivity (Wildman–Crippen MR) is 84.4 cm³/mol. The minimum atomic E-state index is -0.533. The number of carbonyl (C=O) groups is 1. The first-order valence-corrected chi connectivity index (χ1v) is 7.50. The Morgan fingerprint density at radius 3 is 2.29 bits per heavy atom. The molecule has 4 heteroatoms. The second-order valence-electron chi connectivity index (χ2n) is 5.95. The van der Waals surface area contributed by atoms with Gasteiger partial charge in [-0.05, 0) is 49.8 Å². The van der Waals surface area contributed by atoms with E-state index in [0.29, 0.717) is 12.5 Å². The van der Waals surface area contributed by atoms with Crippen LogP contribution in [0.25, 0.3) is 0 Å². The summed E-state index contributed by atoms with van der Waals surface area (Å²) in [5, 5.41) is 12.1. The minimum Gasteiger partial charge on any atom is -0.480 e. The van der Waals surface area contributed by atoms with Gasteiger partial charge in [-0.15, -0.1) is 0 Å². The van der Waals surface area contributed by atoms with Gasteiger partial charge in [0.25, 0.3) is 5.91 Å². The normalized spacial score (nSPS) is 12.3. The Labute approximate surface area is 127 Å². The number of amides is 1. The molecule has 1 rings (SSSR count). The Balaban J connectivity index is 2.66. The molecule has 0 radical (unpaired) electrons. The van der Waals surface area contributed by atoms with Crippen LogP contribution in [0.2, 0.25) is 0 Å². The van der Waals surface area contributed by atoms with E-state index >= 15 is 0 Å². The van der Waals surface area contributed by atoms with Gasteiger partial charge in [-0.3, -0.25) is 4.79 Å². The number of benzene rings is 1. The number of aliphatic hydroxyl groups is 1. The van der Waals surface area contributed by atoms with Crippen LogP contribution in [0, 0.1) is 19.8 Å². The van der Waals surface area contributed by atoms with Crippen LogP contribution in [0.15, 0.2) is 12.1 Å². The molecule has 0 saturated heterocycles. The summed E-state index contributed by atoms with van der Waals surface area (Å²) in [6.45, 7) is 10.5. The highest BCUT2D eigenvalue weighted by molar-refractivity contribution is 5.80. The Morgan fingerprint density at radius 2 is 1.81 bits per heavy atom. The predicted octanol–water partition coefficient (Wildman–Crippen LogP) is 2.73. The Bertz CT molecular complexity index is 460. The highest BCUT2D eigenvalue weighted by Crippen LogP contribution is 2.26. The van der Waals surface area contributed by atoms with Crippen molar-refractivity contribution in [2.75, 3.05) is 6.54 Å². The molecule has 1 atom stereocenters. The maximum atomic E-state index is 12.0. The molecule has 0 aromatic heterocycles. The third kappa shape index (κ3) is 5.38. The monoisotopic (exact) mass is 293 g/mol. The van der Waals surface area contributed by atoms with E-state index < -0.39 is 6.10 Å². The van der Waals surface area contributed by atoms with Crippen molar-refractivity contribution in [1.29, 1.82) is 0 Å². The van der Waals surface area contributed by atoms with Gasteiger partial charge < -0.3 is 15.2 Å². The zero-order chi connectivity index (χ0) is 16.0. The molecule has 118 valence electrons. The van der Waals surface area contributed by atoms with E-state index in [0.717, 1.165) is 28.9 Å². The van der Waals surface area contributed by atoms with Gasteiger partial charge in [-0.2, -0.15) is 0 Å². The summed E-state index contributed by atoms with van der Waals surface area (Å²) < 4.78 is 5.80. The van der Waals surface area contributed by atoms with E-state index in [4.69, 9.17) is 4.74 Å². The van der Waals surface area contributed by atoms with E-state index in [1.807, 2.05) is 26.0 Å². The first-order valence-electron chi connectivity index (χ1n) is 7.50. The van der Waals surface area contributed by atoms with Gasteiger partial charge in [0.2, 0.25) is 0 Å². The maximum Gasteiger partial charge on any atom is 0.260 e. The molecule has 0 aliphatic heterocycles. The maximum absolute atomic E-state index is 12.0. The third-order valence-corrected chi connectivity index (χ3v) is 3.39. The lowest BCUT2D eigenvalue weighted by atomic mass is 10.1. The molecular formula is C17H27NO3. The van der Waals surface area contributed by atoms with Crippen molar-refractivity contribution >= 4 is 5.91 Å². The number of hydrogen-bond acceptors (Lipinski definition) is 3. The van der Waals surface area contributed by atoms with Gasteiger partial charge >= 0.3 is 0 Å². The van der Waals surface area contributed by atoms with E-state index in [9.17, 15) is 9.90 Å². The van der Waals surface area contributed by atoms with Crippen LogP contribution in [-0.2, 0) is 11.4 Å². The molecule has 1 amide bonds. The average molecular weight is 293 g/mol. The molecule has 1 unspecified atom stereocenters. The number of nitrogens with one attached hydrogen (secondary N) is 1. The molecule has 0 bridgehead atoms. The Morgan fingerprint density at radius 1 is 1.24 bits per heavy atom. The summed E-state index contributed by atoms with van der Waals surface area (Å²) in [4.78, 5) is 12.0. The third-order valence-electron chi connectivity index (χ3n) is 3.39. The smallest absolute Gasteiger partial charge is 0.260 e. The van der Waals surface area contributed by atoms with Gasteiger partial charge in [-0.25, -0.2) is 0 Å². The van der Waals surface area contributed by atoms with Crippen molar-refractivity contribution in [3.8, 4) is 5.75 Å². The van der Waals surface area contributed by atoms with Crippen molar-refractivity contribution in [1.82, 2.24) is 5.32 Å². The topological polar surface area (TPSA) is 58.6 Å². The summed E-state index contributed by atoms with van der Waals surface area (Å²) in [6.07, 6.45) is 0.427. The van der Waals surface area contributed by atoms with Gasteiger partial charge in [0.05, 0.1) is 6.61 Å². The fourth-order valence-corrected chi connectivity index (χ4v) is 2.18. The number of hydrogen-bond donors (Lipinski definition) is 2. The molecule has 0 fully saturated rings. The van der Waals surface area contributed by atoms with Crippen LogP contribution in [0.1, 0.15) is 43.9 Å². The van der Waals surface area contributed by atoms with E-state index in [-0.39, 0.29) is 12.5 Å². The molecule has 1 aromatic rings. The molecule has 0 aliphatic carbocycles. The van der Waals surface area contributed by atoms with Gasteiger partial charge in [0.15, 0.2) is 6.10 Å². The largest absolute Gasteiger partial charge is 0.480 e. The van der Waals surface area contributed by atoms with Gasteiger partial charge in [-0.1, -0.05) is 26.0 Å². The van der Waals surface area contributed by atoms with Crippen LogP contribution < -0.4 is 10.1 Å². The molecule has 0 heterocycles. The molecule has 0 aliphatic rings. The lowest BCUT2D eigenvalue weighted by molar-refractivity contribution is -0.127. The van der Waals surface area contributed by atoms with Gasteiger partial charge in [0.1, 0.15) is 5.75 Å². The Hall–Kier alpha value is -1.55. The highest BCUT2D eigenvalue weighted by atomic mass is 16.5. The highest BCUT2D eigenvalue weighted by Gasteiger charge is 2.17. The van der Waals surface area contributed by atoms with Gasteiger partial charge in [0, 0.05) is 6.54 Å². The standard InChI is InChI=1S/C17H27NO3/c1-11(2)6-7-18-17(20)14(5)21-16-12(3)8-15(10-19)9-13(16)4/h8-9,11,14,19H,6-7,10H2,1-5H3,(H,18,20). The molecule has 1 aromatic carbocycles. The number of aryl methyl sites for hydroxylation is 2. The van der Waals surface area contributed by atoms with Crippen molar-refractivity contribution in [3.63, 3.8) is 0 Å². The van der Waals surface area contributed by atoms with E-state index in [2.05, 4.69) is 19.2 Å². The number of aliphatic hydroxyl groups excluding tert-OH is 1. The molecule has 2 N–H and O–H groups in total. The van der Waals surface area contributed by atoms with Crippen molar-refractivity contribution < 1.29 is 14.6 Å². The number of ether oxygens (including phenoxy) is 1. The molecule has 21 heavy (non-hydrogen) atoms. The quantitative estimate of drug-likeness (QED) is 0.812. The van der Waals surface area contributed by atoms with Crippen LogP contribution >= 0.6 is 0 Å². The summed E-state index contributed by atoms with van der Waals surface area (Å²) in [5.74, 6) is 1.19. The summed E-state index contributed by atoms with van der Waals surface area (Å²) >= 11 is 0. The molecule has 4 nitrogen and oxygen atoms in total. The summed E-state index contributed by atoms with van der Waals surface area (Å²) in [7, 11) is 0. The molecule has 0 saturated carbocycles. The number of rotatable bonds is 7. The average Bonchev–Trinajstić information content (AvgIpc) is 2.41. The summed E-state index contributed by atoms with van der Waals surface area (Å²) in [5.41, 5.74) is 2.72. The number of carbonyl (C=O) groups excluding carboxylic acids is 1. The summed E-state index contributed by atoms with van der Waals surface area (Å²) in [6, 6.07) is 3.76.